The van der Waals surface area contributed by atoms with Gasteiger partial charge in [-0.05, 0) is 49.6 Å². The van der Waals surface area contributed by atoms with E-state index in [2.05, 4.69) is 62.8 Å². The van der Waals surface area contributed by atoms with Crippen molar-refractivity contribution in [3.63, 3.8) is 0 Å². The highest BCUT2D eigenvalue weighted by Gasteiger charge is 2.20. The largest absolute Gasteiger partial charge is 0.386 e. The van der Waals surface area contributed by atoms with Gasteiger partial charge in [0.05, 0.1) is 12.6 Å². The van der Waals surface area contributed by atoms with E-state index in [1.54, 1.807) is 12.4 Å². The number of rotatable bonds is 6. The Hall–Kier alpha value is -2.60. The van der Waals surface area contributed by atoms with Gasteiger partial charge in [0.25, 0.3) is 0 Å². The van der Waals surface area contributed by atoms with Gasteiger partial charge in [-0.25, -0.2) is 0 Å². The summed E-state index contributed by atoms with van der Waals surface area (Å²) in [6.07, 6.45) is 4.88. The van der Waals surface area contributed by atoms with Gasteiger partial charge in [0.2, 0.25) is 0 Å². The average Bonchev–Trinajstić information content (AvgIpc) is 2.74. The highest BCUT2D eigenvalue weighted by atomic mass is 16.3. The molecular formula is C21H29N5O. The fourth-order valence-electron chi connectivity index (χ4n) is 3.30. The number of benzene rings is 1. The highest BCUT2D eigenvalue weighted by molar-refractivity contribution is 5.80. The van der Waals surface area contributed by atoms with Crippen molar-refractivity contribution < 1.29 is 5.11 Å². The van der Waals surface area contributed by atoms with Crippen LogP contribution in [0.2, 0.25) is 0 Å². The number of aliphatic hydroxyl groups is 1. The summed E-state index contributed by atoms with van der Waals surface area (Å²) in [5.74, 6) is 0.767. The summed E-state index contributed by atoms with van der Waals surface area (Å²) in [4.78, 5) is 11.0. The molecule has 0 aliphatic carbocycles. The summed E-state index contributed by atoms with van der Waals surface area (Å²) >= 11 is 0. The van der Waals surface area contributed by atoms with Gasteiger partial charge < -0.3 is 20.6 Å². The minimum Gasteiger partial charge on any atom is -0.386 e. The number of aromatic nitrogens is 1. The third kappa shape index (κ3) is 5.69. The second-order valence-electron chi connectivity index (χ2n) is 6.76. The SMILES string of the molecule is CCNC(=NCC(O)c1ccncc1)NC1CCN(c2ccccc2)CC1. The molecular weight excluding hydrogens is 338 g/mol. The number of aliphatic hydroxyl groups excluding tert-OH is 1. The first-order valence-corrected chi connectivity index (χ1v) is 9.69. The van der Waals surface area contributed by atoms with Gasteiger partial charge in [-0.15, -0.1) is 0 Å². The van der Waals surface area contributed by atoms with E-state index >= 15 is 0 Å². The number of piperidine rings is 1. The predicted molar refractivity (Wildman–Crippen MR) is 110 cm³/mol. The molecule has 2 aromatic rings. The lowest BCUT2D eigenvalue weighted by Crippen LogP contribution is -2.48. The lowest BCUT2D eigenvalue weighted by atomic mass is 10.0. The monoisotopic (exact) mass is 367 g/mol. The molecule has 6 nitrogen and oxygen atoms in total. The number of para-hydroxylation sites is 1. The molecule has 2 heterocycles. The van der Waals surface area contributed by atoms with E-state index in [-0.39, 0.29) is 0 Å². The Bertz CT molecular complexity index is 699. The van der Waals surface area contributed by atoms with Gasteiger partial charge in [-0.2, -0.15) is 0 Å². The first kappa shape index (κ1) is 19.2. The molecule has 6 heteroatoms. The van der Waals surface area contributed by atoms with Crippen LogP contribution in [-0.2, 0) is 0 Å². The minimum atomic E-state index is -0.622. The van der Waals surface area contributed by atoms with E-state index in [9.17, 15) is 5.11 Å². The van der Waals surface area contributed by atoms with E-state index < -0.39 is 6.10 Å². The van der Waals surface area contributed by atoms with E-state index in [1.165, 1.54) is 5.69 Å². The lowest BCUT2D eigenvalue weighted by Gasteiger charge is -2.34. The van der Waals surface area contributed by atoms with Gasteiger partial charge >= 0.3 is 0 Å². The fourth-order valence-corrected chi connectivity index (χ4v) is 3.30. The molecule has 1 unspecified atom stereocenters. The minimum absolute atomic E-state index is 0.322. The molecule has 144 valence electrons. The second-order valence-corrected chi connectivity index (χ2v) is 6.76. The zero-order valence-electron chi connectivity index (χ0n) is 15.9. The van der Waals surface area contributed by atoms with Crippen molar-refractivity contribution >= 4 is 11.6 Å². The number of nitrogens with one attached hydrogen (secondary N) is 2. The molecule has 0 spiro atoms. The maximum absolute atomic E-state index is 10.3. The maximum Gasteiger partial charge on any atom is 0.191 e. The highest BCUT2D eigenvalue weighted by Crippen LogP contribution is 2.19. The van der Waals surface area contributed by atoms with Gasteiger partial charge in [-0.3, -0.25) is 9.98 Å². The number of hydrogen-bond acceptors (Lipinski definition) is 4. The summed E-state index contributed by atoms with van der Waals surface area (Å²) < 4.78 is 0. The summed E-state index contributed by atoms with van der Waals surface area (Å²) in [6, 6.07) is 14.6. The first-order valence-electron chi connectivity index (χ1n) is 9.69. The Morgan fingerprint density at radius 1 is 1.19 bits per heavy atom. The van der Waals surface area contributed by atoms with E-state index in [4.69, 9.17) is 0 Å². The van der Waals surface area contributed by atoms with Gasteiger partial charge in [0.1, 0.15) is 0 Å². The molecule has 1 fully saturated rings. The quantitative estimate of drug-likeness (QED) is 0.540. The number of aliphatic imine (C=N–C) groups is 1. The zero-order chi connectivity index (χ0) is 18.9. The third-order valence-corrected chi connectivity index (χ3v) is 4.81. The van der Waals surface area contributed by atoms with E-state index in [0.29, 0.717) is 12.6 Å². The predicted octanol–water partition coefficient (Wildman–Crippen LogP) is 2.34. The molecule has 27 heavy (non-hydrogen) atoms. The van der Waals surface area contributed by atoms with Gasteiger partial charge in [0, 0.05) is 43.8 Å². The zero-order valence-corrected chi connectivity index (χ0v) is 15.9. The molecule has 1 aromatic carbocycles. The smallest absolute Gasteiger partial charge is 0.191 e. The number of pyridine rings is 1. The van der Waals surface area contributed by atoms with Gasteiger partial charge in [0.15, 0.2) is 5.96 Å². The fraction of sp³-hybridized carbons (Fsp3) is 0.429. The van der Waals surface area contributed by atoms with Crippen LogP contribution in [-0.4, -0.2) is 48.3 Å². The summed E-state index contributed by atoms with van der Waals surface area (Å²) in [7, 11) is 0. The topological polar surface area (TPSA) is 72.8 Å². The van der Waals surface area contributed by atoms with Gasteiger partial charge in [-0.1, -0.05) is 18.2 Å². The summed E-state index contributed by atoms with van der Waals surface area (Å²) in [6.45, 7) is 5.22. The van der Waals surface area contributed by atoms with Crippen LogP contribution in [0.25, 0.3) is 0 Å². The average molecular weight is 367 g/mol. The standard InChI is InChI=1S/C21H29N5O/c1-2-23-21(24-16-20(27)17-8-12-22-13-9-17)25-18-10-14-26(15-11-18)19-6-4-3-5-7-19/h3-9,12-13,18,20,27H,2,10-11,14-16H2,1H3,(H2,23,24,25). The molecule has 1 saturated heterocycles. The van der Waals surface area contributed by atoms with E-state index in [0.717, 1.165) is 44.0 Å². The van der Waals surface area contributed by atoms with Crippen molar-refractivity contribution in [1.29, 1.82) is 0 Å². The molecule has 1 aliphatic heterocycles. The van der Waals surface area contributed by atoms with Crippen LogP contribution in [0.4, 0.5) is 5.69 Å². The van der Waals surface area contributed by atoms with Crippen molar-refractivity contribution in [2.45, 2.75) is 31.9 Å². The van der Waals surface area contributed by atoms with Crippen LogP contribution >= 0.6 is 0 Å². The molecule has 0 radical (unpaired) electrons. The Balaban J connectivity index is 1.52. The second kappa shape index (κ2) is 9.92. The molecule has 0 amide bonds. The summed E-state index contributed by atoms with van der Waals surface area (Å²) in [5, 5.41) is 17.1. The molecule has 1 aromatic heterocycles. The Morgan fingerprint density at radius 3 is 2.56 bits per heavy atom. The molecule has 3 rings (SSSR count). The van der Waals surface area contributed by atoms with Crippen LogP contribution in [0.15, 0.2) is 59.9 Å². The molecule has 3 N–H and O–H groups in total. The van der Waals surface area contributed by atoms with Crippen molar-refractivity contribution in [3.8, 4) is 0 Å². The van der Waals surface area contributed by atoms with Crippen molar-refractivity contribution in [3.05, 3.63) is 60.4 Å². The van der Waals surface area contributed by atoms with Crippen LogP contribution in [0.1, 0.15) is 31.4 Å². The normalized spacial score (nSPS) is 16.8. The van der Waals surface area contributed by atoms with Crippen LogP contribution in [0.5, 0.6) is 0 Å². The van der Waals surface area contributed by atoms with E-state index in [1.807, 2.05) is 12.1 Å². The Labute approximate surface area is 161 Å². The number of hydrogen-bond donors (Lipinski definition) is 3. The molecule has 0 saturated carbocycles. The van der Waals surface area contributed by atoms with Crippen molar-refractivity contribution in [1.82, 2.24) is 15.6 Å². The van der Waals surface area contributed by atoms with Crippen molar-refractivity contribution in [2.75, 3.05) is 31.1 Å². The van der Waals surface area contributed by atoms with Crippen LogP contribution < -0.4 is 15.5 Å². The summed E-state index contributed by atoms with van der Waals surface area (Å²) in [5.41, 5.74) is 2.12. The number of nitrogens with zero attached hydrogens (tertiary/aromatic N) is 3. The number of guanidine groups is 1. The first-order chi connectivity index (χ1) is 13.3. The molecule has 1 atom stereocenters. The third-order valence-electron chi connectivity index (χ3n) is 4.81. The maximum atomic E-state index is 10.3. The Morgan fingerprint density at radius 2 is 1.89 bits per heavy atom. The lowest BCUT2D eigenvalue weighted by molar-refractivity contribution is 0.187. The Kier molecular flexibility index (Phi) is 7.04. The van der Waals surface area contributed by atoms with Crippen LogP contribution in [0, 0.1) is 0 Å². The molecule has 0 bridgehead atoms. The van der Waals surface area contributed by atoms with Crippen LogP contribution in [0.3, 0.4) is 0 Å². The molecule has 1 aliphatic rings. The number of anilines is 1. The van der Waals surface area contributed by atoms with Crippen molar-refractivity contribution in [2.24, 2.45) is 4.99 Å².